The summed E-state index contributed by atoms with van der Waals surface area (Å²) >= 11 is 0. The number of aromatic nitrogens is 3. The molecule has 0 aliphatic carbocycles. The van der Waals surface area contributed by atoms with Crippen molar-refractivity contribution in [2.75, 3.05) is 0 Å². The summed E-state index contributed by atoms with van der Waals surface area (Å²) < 4.78 is 26.9. The van der Waals surface area contributed by atoms with Gasteiger partial charge in [0.25, 0.3) is 5.91 Å². The Kier molecular flexibility index (Phi) is 3.31. The number of nitrogens with zero attached hydrogens (tertiary/aromatic N) is 2. The van der Waals surface area contributed by atoms with Crippen molar-refractivity contribution in [1.29, 1.82) is 0 Å². The van der Waals surface area contributed by atoms with E-state index in [1.165, 1.54) is 19.2 Å². The van der Waals surface area contributed by atoms with Crippen LogP contribution in [0.5, 0.6) is 0 Å². The first kappa shape index (κ1) is 12.2. The summed E-state index contributed by atoms with van der Waals surface area (Å²) in [5, 5.41) is 11.8. The standard InChI is InChI=1S/C11H10F2N4O/c1-6(10-7(12)3-2-4-8(10)13)15-11(18)9-5-14-17-16-9/h2-6H,1H3,(H,15,18)(H,14,16,17). The number of benzene rings is 1. The summed E-state index contributed by atoms with van der Waals surface area (Å²) in [6, 6.07) is 2.73. The van der Waals surface area contributed by atoms with Crippen LogP contribution >= 0.6 is 0 Å². The van der Waals surface area contributed by atoms with Crippen LogP contribution in [0.2, 0.25) is 0 Å². The van der Waals surface area contributed by atoms with Gasteiger partial charge in [-0.1, -0.05) is 6.07 Å². The SMILES string of the molecule is CC(NC(=O)c1cn[nH]n1)c1c(F)cccc1F. The Morgan fingerprint density at radius 1 is 1.39 bits per heavy atom. The van der Waals surface area contributed by atoms with Gasteiger partial charge < -0.3 is 5.32 Å². The van der Waals surface area contributed by atoms with E-state index in [0.717, 1.165) is 12.1 Å². The van der Waals surface area contributed by atoms with Crippen LogP contribution in [0.25, 0.3) is 0 Å². The molecule has 0 fully saturated rings. The third-order valence-corrected chi connectivity index (χ3v) is 2.43. The van der Waals surface area contributed by atoms with Crippen LogP contribution in [-0.2, 0) is 0 Å². The second kappa shape index (κ2) is 4.91. The van der Waals surface area contributed by atoms with E-state index < -0.39 is 23.6 Å². The van der Waals surface area contributed by atoms with E-state index in [-0.39, 0.29) is 11.3 Å². The molecular formula is C11H10F2N4O. The second-order valence-electron chi connectivity index (χ2n) is 3.69. The van der Waals surface area contributed by atoms with Gasteiger partial charge in [-0.25, -0.2) is 8.78 Å². The third-order valence-electron chi connectivity index (χ3n) is 2.43. The molecule has 0 spiro atoms. The fraction of sp³-hybridized carbons (Fsp3) is 0.182. The Labute approximate surface area is 101 Å². The van der Waals surface area contributed by atoms with Crippen molar-refractivity contribution in [2.24, 2.45) is 0 Å². The molecule has 0 aliphatic rings. The molecule has 0 bridgehead atoms. The van der Waals surface area contributed by atoms with Gasteiger partial charge in [-0.2, -0.15) is 15.4 Å². The monoisotopic (exact) mass is 252 g/mol. The number of nitrogens with one attached hydrogen (secondary N) is 2. The molecule has 1 aromatic carbocycles. The van der Waals surface area contributed by atoms with E-state index in [1.54, 1.807) is 0 Å². The van der Waals surface area contributed by atoms with Crippen LogP contribution in [0, 0.1) is 11.6 Å². The van der Waals surface area contributed by atoms with Crippen LogP contribution in [0.4, 0.5) is 8.78 Å². The largest absolute Gasteiger partial charge is 0.344 e. The Balaban J connectivity index is 2.17. The van der Waals surface area contributed by atoms with Gasteiger partial charge in [0.05, 0.1) is 12.2 Å². The van der Waals surface area contributed by atoms with Crippen molar-refractivity contribution in [3.8, 4) is 0 Å². The van der Waals surface area contributed by atoms with Gasteiger partial charge in [-0.15, -0.1) is 0 Å². The lowest BCUT2D eigenvalue weighted by Gasteiger charge is -2.14. The third kappa shape index (κ3) is 2.34. The fourth-order valence-corrected chi connectivity index (χ4v) is 1.58. The lowest BCUT2D eigenvalue weighted by Crippen LogP contribution is -2.28. The molecule has 5 nitrogen and oxygen atoms in total. The molecule has 1 heterocycles. The van der Waals surface area contributed by atoms with Gasteiger partial charge in [-0.05, 0) is 19.1 Å². The molecule has 1 amide bonds. The molecule has 1 aromatic heterocycles. The van der Waals surface area contributed by atoms with Crippen molar-refractivity contribution >= 4 is 5.91 Å². The zero-order valence-electron chi connectivity index (χ0n) is 9.45. The zero-order chi connectivity index (χ0) is 13.1. The Bertz CT molecular complexity index is 536. The lowest BCUT2D eigenvalue weighted by molar-refractivity contribution is 0.0933. The van der Waals surface area contributed by atoms with E-state index in [0.29, 0.717) is 0 Å². The highest BCUT2D eigenvalue weighted by molar-refractivity contribution is 5.92. The quantitative estimate of drug-likeness (QED) is 0.871. The Hall–Kier alpha value is -2.31. The number of halogens is 2. The minimum absolute atomic E-state index is 0.0543. The number of hydrogen-bond acceptors (Lipinski definition) is 3. The maximum atomic E-state index is 13.5. The molecule has 0 aliphatic heterocycles. The fourth-order valence-electron chi connectivity index (χ4n) is 1.58. The molecule has 1 unspecified atom stereocenters. The molecule has 18 heavy (non-hydrogen) atoms. The van der Waals surface area contributed by atoms with Gasteiger partial charge in [-0.3, -0.25) is 4.79 Å². The number of rotatable bonds is 3. The smallest absolute Gasteiger partial charge is 0.273 e. The number of amides is 1. The van der Waals surface area contributed by atoms with E-state index in [4.69, 9.17) is 0 Å². The van der Waals surface area contributed by atoms with Crippen molar-refractivity contribution in [3.05, 3.63) is 47.3 Å². The predicted molar refractivity (Wildman–Crippen MR) is 58.6 cm³/mol. The van der Waals surface area contributed by atoms with Crippen LogP contribution in [0.3, 0.4) is 0 Å². The molecule has 2 rings (SSSR count). The highest BCUT2D eigenvalue weighted by Crippen LogP contribution is 2.20. The predicted octanol–water partition coefficient (Wildman–Crippen LogP) is 1.57. The molecule has 0 saturated heterocycles. The molecule has 2 N–H and O–H groups in total. The molecule has 94 valence electrons. The summed E-state index contributed by atoms with van der Waals surface area (Å²) in [5.74, 6) is -1.97. The van der Waals surface area contributed by atoms with Crippen LogP contribution in [0.1, 0.15) is 29.0 Å². The first-order chi connectivity index (χ1) is 8.59. The minimum atomic E-state index is -0.810. The van der Waals surface area contributed by atoms with Crippen molar-refractivity contribution in [3.63, 3.8) is 0 Å². The Morgan fingerprint density at radius 2 is 2.06 bits per heavy atom. The maximum Gasteiger partial charge on any atom is 0.273 e. The molecular weight excluding hydrogens is 242 g/mol. The summed E-state index contributed by atoms with van der Waals surface area (Å²) in [5.41, 5.74) is -0.132. The van der Waals surface area contributed by atoms with Gasteiger partial charge in [0.1, 0.15) is 11.6 Å². The average Bonchev–Trinajstić information content (AvgIpc) is 2.81. The van der Waals surface area contributed by atoms with Gasteiger partial charge in [0, 0.05) is 5.56 Å². The lowest BCUT2D eigenvalue weighted by atomic mass is 10.1. The van der Waals surface area contributed by atoms with E-state index in [9.17, 15) is 13.6 Å². The van der Waals surface area contributed by atoms with E-state index in [2.05, 4.69) is 20.7 Å². The highest BCUT2D eigenvalue weighted by Gasteiger charge is 2.19. The zero-order valence-corrected chi connectivity index (χ0v) is 9.45. The highest BCUT2D eigenvalue weighted by atomic mass is 19.1. The van der Waals surface area contributed by atoms with Crippen molar-refractivity contribution in [1.82, 2.24) is 20.7 Å². The number of aromatic amines is 1. The second-order valence-corrected chi connectivity index (χ2v) is 3.69. The summed E-state index contributed by atoms with van der Waals surface area (Å²) in [4.78, 5) is 11.6. The number of H-pyrrole nitrogens is 1. The normalized spacial score (nSPS) is 12.2. The van der Waals surface area contributed by atoms with Gasteiger partial charge >= 0.3 is 0 Å². The van der Waals surface area contributed by atoms with Crippen molar-refractivity contribution in [2.45, 2.75) is 13.0 Å². The van der Waals surface area contributed by atoms with Crippen LogP contribution in [0.15, 0.2) is 24.4 Å². The topological polar surface area (TPSA) is 70.7 Å². The van der Waals surface area contributed by atoms with E-state index in [1.807, 2.05) is 0 Å². The first-order valence-corrected chi connectivity index (χ1v) is 5.20. The number of hydrogen-bond donors (Lipinski definition) is 2. The van der Waals surface area contributed by atoms with E-state index >= 15 is 0 Å². The summed E-state index contributed by atoms with van der Waals surface area (Å²) in [7, 11) is 0. The summed E-state index contributed by atoms with van der Waals surface area (Å²) in [6.07, 6.45) is 1.22. The van der Waals surface area contributed by atoms with Gasteiger partial charge in [0.2, 0.25) is 0 Å². The molecule has 7 heteroatoms. The molecule has 0 radical (unpaired) electrons. The summed E-state index contributed by atoms with van der Waals surface area (Å²) in [6.45, 7) is 1.49. The maximum absolute atomic E-state index is 13.5. The Morgan fingerprint density at radius 3 is 2.61 bits per heavy atom. The number of carbonyl (C=O) groups excluding carboxylic acids is 1. The average molecular weight is 252 g/mol. The first-order valence-electron chi connectivity index (χ1n) is 5.20. The van der Waals surface area contributed by atoms with Crippen LogP contribution in [-0.4, -0.2) is 21.3 Å². The number of carbonyl (C=O) groups is 1. The molecule has 2 aromatic rings. The molecule has 0 saturated carbocycles. The van der Waals surface area contributed by atoms with Gasteiger partial charge in [0.15, 0.2) is 5.69 Å². The van der Waals surface area contributed by atoms with Crippen molar-refractivity contribution < 1.29 is 13.6 Å². The van der Waals surface area contributed by atoms with Crippen LogP contribution < -0.4 is 5.32 Å². The minimum Gasteiger partial charge on any atom is -0.344 e. The molecule has 1 atom stereocenters.